The van der Waals surface area contributed by atoms with Crippen molar-refractivity contribution in [3.05, 3.63) is 47.5 Å². The first kappa shape index (κ1) is 15.6. The summed E-state index contributed by atoms with van der Waals surface area (Å²) >= 11 is 11.1. The Morgan fingerprint density at radius 2 is 1.89 bits per heavy atom. The molecule has 0 saturated carbocycles. The van der Waals surface area contributed by atoms with Crippen LogP contribution in [0.3, 0.4) is 0 Å². The molecule has 0 heterocycles. The van der Waals surface area contributed by atoms with Crippen LogP contribution < -0.4 is 10.2 Å². The lowest BCUT2D eigenvalue weighted by Crippen LogP contribution is -2.23. The van der Waals surface area contributed by atoms with Gasteiger partial charge in [-0.15, -0.1) is 0 Å². The first-order valence-corrected chi connectivity index (χ1v) is 6.67. The normalized spacial score (nSPS) is 11.1. The lowest BCUT2D eigenvalue weighted by molar-refractivity contribution is -0.114. The van der Waals surface area contributed by atoms with Crippen LogP contribution in [0.4, 0.5) is 11.4 Å². The Balaban J connectivity index is 2.90. The van der Waals surface area contributed by atoms with Gasteiger partial charge in [0.25, 0.3) is 0 Å². The second-order valence-electron chi connectivity index (χ2n) is 3.86. The summed E-state index contributed by atoms with van der Waals surface area (Å²) < 4.78 is 0. The highest BCUT2D eigenvalue weighted by molar-refractivity contribution is 6.25. The molecule has 1 rings (SSSR count). The molecule has 1 N–H and O–H groups in total. The standard InChI is InChI=1S/C14H16Cl2N2O/c1-12(19)17-13-5-2-6-14(11-13)18(9-3-7-15)10-4-8-16/h2-8,11H,9-10H2,1H3,(H,17,19). The van der Waals surface area contributed by atoms with Gasteiger partial charge in [0, 0.05) is 42.5 Å². The number of rotatable bonds is 6. The highest BCUT2D eigenvalue weighted by atomic mass is 35.5. The van der Waals surface area contributed by atoms with Crippen LogP contribution in [-0.2, 0) is 4.79 Å². The van der Waals surface area contributed by atoms with Crippen molar-refractivity contribution in [2.24, 2.45) is 0 Å². The van der Waals surface area contributed by atoms with Gasteiger partial charge in [0.05, 0.1) is 0 Å². The predicted octanol–water partition coefficient (Wildman–Crippen LogP) is 3.96. The molecule has 19 heavy (non-hydrogen) atoms. The number of amides is 1. The number of halogens is 2. The van der Waals surface area contributed by atoms with Crippen molar-refractivity contribution < 1.29 is 4.79 Å². The number of carbonyl (C=O) groups is 1. The lowest BCUT2D eigenvalue weighted by Gasteiger charge is -2.22. The molecule has 1 amide bonds. The lowest BCUT2D eigenvalue weighted by atomic mass is 10.2. The minimum atomic E-state index is -0.0926. The van der Waals surface area contributed by atoms with Gasteiger partial charge in [0.1, 0.15) is 0 Å². The molecule has 1 aromatic rings. The summed E-state index contributed by atoms with van der Waals surface area (Å²) in [5.41, 5.74) is 4.71. The molecule has 1 aromatic carbocycles. The van der Waals surface area contributed by atoms with Gasteiger partial charge in [0.2, 0.25) is 5.91 Å². The zero-order valence-corrected chi connectivity index (χ0v) is 12.2. The Bertz CT molecular complexity index is 458. The second kappa shape index (κ2) is 8.62. The summed E-state index contributed by atoms with van der Waals surface area (Å²) in [7, 11) is 0. The average Bonchev–Trinajstić information content (AvgIpc) is 2.38. The number of anilines is 2. The Morgan fingerprint density at radius 3 is 2.42 bits per heavy atom. The van der Waals surface area contributed by atoms with Crippen LogP contribution in [0.25, 0.3) is 0 Å². The van der Waals surface area contributed by atoms with Crippen LogP contribution in [0.5, 0.6) is 0 Å². The monoisotopic (exact) mass is 298 g/mol. The van der Waals surface area contributed by atoms with Crippen molar-refractivity contribution in [1.82, 2.24) is 0 Å². The zero-order chi connectivity index (χ0) is 14.1. The Hall–Kier alpha value is -1.45. The van der Waals surface area contributed by atoms with E-state index in [4.69, 9.17) is 23.2 Å². The maximum Gasteiger partial charge on any atom is 0.221 e. The molecule has 0 saturated heterocycles. The molecular weight excluding hydrogens is 283 g/mol. The van der Waals surface area contributed by atoms with Crippen LogP contribution in [0.15, 0.2) is 47.5 Å². The second-order valence-corrected chi connectivity index (χ2v) is 4.36. The smallest absolute Gasteiger partial charge is 0.221 e. The summed E-state index contributed by atoms with van der Waals surface area (Å²) in [6.07, 6.45) is 3.68. The molecule has 0 aromatic heterocycles. The van der Waals surface area contributed by atoms with E-state index in [1.165, 1.54) is 18.0 Å². The van der Waals surface area contributed by atoms with E-state index in [-0.39, 0.29) is 5.91 Å². The van der Waals surface area contributed by atoms with E-state index < -0.39 is 0 Å². The number of hydrogen-bond acceptors (Lipinski definition) is 2. The molecule has 0 spiro atoms. The maximum absolute atomic E-state index is 11.1. The molecule has 0 atom stereocenters. The highest BCUT2D eigenvalue weighted by Crippen LogP contribution is 2.19. The van der Waals surface area contributed by atoms with Gasteiger partial charge in [-0.3, -0.25) is 4.79 Å². The summed E-state index contributed by atoms with van der Waals surface area (Å²) in [4.78, 5) is 13.1. The number of carbonyl (C=O) groups excluding carboxylic acids is 1. The topological polar surface area (TPSA) is 32.3 Å². The third-order valence-electron chi connectivity index (χ3n) is 2.36. The largest absolute Gasteiger partial charge is 0.364 e. The van der Waals surface area contributed by atoms with Gasteiger partial charge in [-0.05, 0) is 18.2 Å². The van der Waals surface area contributed by atoms with E-state index in [1.54, 1.807) is 0 Å². The maximum atomic E-state index is 11.1. The minimum absolute atomic E-state index is 0.0926. The predicted molar refractivity (Wildman–Crippen MR) is 82.9 cm³/mol. The fourth-order valence-electron chi connectivity index (χ4n) is 1.60. The van der Waals surface area contributed by atoms with Gasteiger partial charge >= 0.3 is 0 Å². The molecule has 0 aliphatic heterocycles. The Kier molecular flexibility index (Phi) is 7.08. The molecule has 102 valence electrons. The fraction of sp³-hybridized carbons (Fsp3) is 0.214. The van der Waals surface area contributed by atoms with Crippen LogP contribution in [0, 0.1) is 0 Å². The number of nitrogens with one attached hydrogen (secondary N) is 1. The van der Waals surface area contributed by atoms with Crippen molar-refractivity contribution in [3.63, 3.8) is 0 Å². The summed E-state index contributed by atoms with van der Waals surface area (Å²) in [5.74, 6) is -0.0926. The molecule has 3 nitrogen and oxygen atoms in total. The average molecular weight is 299 g/mol. The minimum Gasteiger partial charge on any atom is -0.364 e. The van der Waals surface area contributed by atoms with E-state index in [0.717, 1.165) is 11.4 Å². The molecule has 5 heteroatoms. The van der Waals surface area contributed by atoms with Crippen molar-refractivity contribution in [2.45, 2.75) is 6.92 Å². The van der Waals surface area contributed by atoms with Crippen LogP contribution in [-0.4, -0.2) is 19.0 Å². The SMILES string of the molecule is CC(=O)Nc1cccc(N(CC=CCl)CC=CCl)c1. The van der Waals surface area contributed by atoms with Crippen LogP contribution >= 0.6 is 23.2 Å². The Labute approximate surface area is 123 Å². The summed E-state index contributed by atoms with van der Waals surface area (Å²) in [6.45, 7) is 2.80. The van der Waals surface area contributed by atoms with E-state index in [1.807, 2.05) is 36.4 Å². The van der Waals surface area contributed by atoms with Crippen molar-refractivity contribution in [3.8, 4) is 0 Å². The Morgan fingerprint density at radius 1 is 1.26 bits per heavy atom. The van der Waals surface area contributed by atoms with Crippen molar-refractivity contribution in [1.29, 1.82) is 0 Å². The van der Waals surface area contributed by atoms with Gasteiger partial charge in [-0.2, -0.15) is 0 Å². The third kappa shape index (κ3) is 5.81. The first-order valence-electron chi connectivity index (χ1n) is 5.80. The van der Waals surface area contributed by atoms with Crippen LogP contribution in [0.1, 0.15) is 6.92 Å². The molecule has 0 radical (unpaired) electrons. The molecular formula is C14H16Cl2N2O. The van der Waals surface area contributed by atoms with E-state index in [9.17, 15) is 4.79 Å². The van der Waals surface area contributed by atoms with Crippen molar-refractivity contribution >= 4 is 40.5 Å². The summed E-state index contributed by atoms with van der Waals surface area (Å²) in [5, 5.41) is 2.76. The van der Waals surface area contributed by atoms with E-state index in [0.29, 0.717) is 13.1 Å². The number of hydrogen-bond donors (Lipinski definition) is 1. The van der Waals surface area contributed by atoms with E-state index >= 15 is 0 Å². The highest BCUT2D eigenvalue weighted by Gasteiger charge is 2.04. The quantitative estimate of drug-likeness (QED) is 0.862. The zero-order valence-electron chi connectivity index (χ0n) is 10.6. The molecule has 0 bridgehead atoms. The number of nitrogens with zero attached hydrogens (tertiary/aromatic N) is 1. The van der Waals surface area contributed by atoms with Gasteiger partial charge in [0.15, 0.2) is 0 Å². The van der Waals surface area contributed by atoms with Gasteiger partial charge < -0.3 is 10.2 Å². The molecule has 0 unspecified atom stereocenters. The number of benzene rings is 1. The first-order chi connectivity index (χ1) is 9.17. The van der Waals surface area contributed by atoms with E-state index in [2.05, 4.69) is 10.2 Å². The van der Waals surface area contributed by atoms with Gasteiger partial charge in [-0.1, -0.05) is 41.4 Å². The summed E-state index contributed by atoms with van der Waals surface area (Å²) in [6, 6.07) is 7.61. The molecule has 0 aliphatic rings. The van der Waals surface area contributed by atoms with Gasteiger partial charge in [-0.25, -0.2) is 0 Å². The van der Waals surface area contributed by atoms with Crippen molar-refractivity contribution in [2.75, 3.05) is 23.3 Å². The fourth-order valence-corrected chi connectivity index (χ4v) is 1.76. The molecule has 0 fully saturated rings. The third-order valence-corrected chi connectivity index (χ3v) is 2.72. The molecule has 0 aliphatic carbocycles. The van der Waals surface area contributed by atoms with Crippen LogP contribution in [0.2, 0.25) is 0 Å².